The van der Waals surface area contributed by atoms with Crippen LogP contribution in [-0.4, -0.2) is 25.7 Å². The quantitative estimate of drug-likeness (QED) is 0.801. The molecule has 0 aliphatic carbocycles. The molecular formula is C14H20N2O2. The summed E-state index contributed by atoms with van der Waals surface area (Å²) >= 11 is 0. The van der Waals surface area contributed by atoms with E-state index in [0.717, 1.165) is 31.6 Å². The highest BCUT2D eigenvalue weighted by Crippen LogP contribution is 2.14. The van der Waals surface area contributed by atoms with Gasteiger partial charge in [0.05, 0.1) is 6.61 Å². The summed E-state index contributed by atoms with van der Waals surface area (Å²) < 4.78 is 5.39. The Hall–Kier alpha value is -1.55. The predicted molar refractivity (Wildman–Crippen MR) is 71.5 cm³/mol. The van der Waals surface area contributed by atoms with Gasteiger partial charge in [0.1, 0.15) is 0 Å². The molecule has 1 atom stereocenters. The third-order valence-electron chi connectivity index (χ3n) is 3.17. The van der Waals surface area contributed by atoms with Crippen molar-refractivity contribution in [2.24, 2.45) is 5.92 Å². The van der Waals surface area contributed by atoms with Crippen LogP contribution >= 0.6 is 0 Å². The lowest BCUT2D eigenvalue weighted by atomic mass is 10.0. The Morgan fingerprint density at radius 2 is 2.33 bits per heavy atom. The van der Waals surface area contributed by atoms with E-state index in [2.05, 4.69) is 5.32 Å². The molecule has 1 saturated heterocycles. The molecule has 1 aliphatic rings. The van der Waals surface area contributed by atoms with Gasteiger partial charge in [-0.15, -0.1) is 0 Å². The fraction of sp³-hybridized carbons (Fsp3) is 0.500. The zero-order valence-electron chi connectivity index (χ0n) is 10.7. The Balaban J connectivity index is 1.90. The minimum absolute atomic E-state index is 0.0593. The van der Waals surface area contributed by atoms with E-state index in [0.29, 0.717) is 23.7 Å². The summed E-state index contributed by atoms with van der Waals surface area (Å²) in [5.41, 5.74) is 7.99. The molecule has 0 radical (unpaired) electrons. The third-order valence-corrected chi connectivity index (χ3v) is 3.17. The van der Waals surface area contributed by atoms with Crippen molar-refractivity contribution in [2.45, 2.75) is 19.8 Å². The van der Waals surface area contributed by atoms with Crippen LogP contribution in [0.2, 0.25) is 0 Å². The van der Waals surface area contributed by atoms with E-state index in [1.807, 2.05) is 19.1 Å². The smallest absolute Gasteiger partial charge is 0.251 e. The van der Waals surface area contributed by atoms with E-state index in [-0.39, 0.29) is 5.91 Å². The molecule has 0 spiro atoms. The molecule has 1 aromatic rings. The summed E-state index contributed by atoms with van der Waals surface area (Å²) in [5, 5.41) is 2.95. The van der Waals surface area contributed by atoms with Crippen molar-refractivity contribution in [2.75, 3.05) is 25.5 Å². The van der Waals surface area contributed by atoms with Gasteiger partial charge < -0.3 is 15.8 Å². The molecule has 18 heavy (non-hydrogen) atoms. The lowest BCUT2D eigenvalue weighted by Gasteiger charge is -2.22. The van der Waals surface area contributed by atoms with Gasteiger partial charge in [-0.3, -0.25) is 4.79 Å². The van der Waals surface area contributed by atoms with E-state index >= 15 is 0 Å². The minimum atomic E-state index is -0.0593. The van der Waals surface area contributed by atoms with Gasteiger partial charge in [-0.1, -0.05) is 0 Å². The van der Waals surface area contributed by atoms with Gasteiger partial charge in [-0.25, -0.2) is 0 Å². The summed E-state index contributed by atoms with van der Waals surface area (Å²) in [6.45, 7) is 4.20. The molecule has 0 bridgehead atoms. The number of hydrogen-bond donors (Lipinski definition) is 2. The van der Waals surface area contributed by atoms with Gasteiger partial charge in [0, 0.05) is 24.4 Å². The number of nitrogens with two attached hydrogens (primary N) is 1. The normalized spacial score (nSPS) is 19.5. The Bertz CT molecular complexity index is 406. The summed E-state index contributed by atoms with van der Waals surface area (Å²) in [5.74, 6) is 0.376. The molecule has 1 amide bonds. The summed E-state index contributed by atoms with van der Waals surface area (Å²) in [7, 11) is 0. The molecule has 2 rings (SSSR count). The number of benzene rings is 1. The second-order valence-electron chi connectivity index (χ2n) is 4.93. The number of hydrogen-bond acceptors (Lipinski definition) is 3. The maximum atomic E-state index is 12.0. The van der Waals surface area contributed by atoms with Crippen LogP contribution in [0.4, 0.5) is 5.69 Å². The van der Waals surface area contributed by atoms with Gasteiger partial charge in [0.25, 0.3) is 5.91 Å². The van der Waals surface area contributed by atoms with Crippen molar-refractivity contribution in [3.8, 4) is 0 Å². The topological polar surface area (TPSA) is 64.4 Å². The van der Waals surface area contributed by atoms with Crippen LogP contribution in [0.25, 0.3) is 0 Å². The fourth-order valence-electron chi connectivity index (χ4n) is 2.25. The van der Waals surface area contributed by atoms with Crippen molar-refractivity contribution >= 4 is 11.6 Å². The number of amides is 1. The van der Waals surface area contributed by atoms with Gasteiger partial charge in [-0.05, 0) is 49.4 Å². The number of aryl methyl sites for hydroxylation is 1. The average molecular weight is 248 g/mol. The van der Waals surface area contributed by atoms with Crippen LogP contribution in [-0.2, 0) is 4.74 Å². The number of nitrogens with one attached hydrogen (secondary N) is 1. The Kier molecular flexibility index (Phi) is 4.20. The first kappa shape index (κ1) is 12.9. The molecular weight excluding hydrogens is 228 g/mol. The average Bonchev–Trinajstić information content (AvgIpc) is 2.36. The van der Waals surface area contributed by atoms with E-state index in [9.17, 15) is 4.79 Å². The van der Waals surface area contributed by atoms with Crippen molar-refractivity contribution in [1.29, 1.82) is 0 Å². The largest absolute Gasteiger partial charge is 0.399 e. The molecule has 0 saturated carbocycles. The SMILES string of the molecule is Cc1cc(N)cc(C(=O)NCC2CCCOC2)c1. The fourth-order valence-corrected chi connectivity index (χ4v) is 2.25. The number of rotatable bonds is 3. The molecule has 4 heteroatoms. The van der Waals surface area contributed by atoms with Gasteiger partial charge in [0.15, 0.2) is 0 Å². The van der Waals surface area contributed by atoms with Crippen LogP contribution < -0.4 is 11.1 Å². The molecule has 1 unspecified atom stereocenters. The van der Waals surface area contributed by atoms with Gasteiger partial charge in [0.2, 0.25) is 0 Å². The van der Waals surface area contributed by atoms with Crippen molar-refractivity contribution in [3.05, 3.63) is 29.3 Å². The molecule has 4 nitrogen and oxygen atoms in total. The Morgan fingerprint density at radius 1 is 1.50 bits per heavy atom. The number of nitrogen functional groups attached to an aromatic ring is 1. The van der Waals surface area contributed by atoms with Crippen LogP contribution in [0.15, 0.2) is 18.2 Å². The van der Waals surface area contributed by atoms with E-state index in [1.54, 1.807) is 6.07 Å². The number of anilines is 1. The van der Waals surface area contributed by atoms with Crippen molar-refractivity contribution < 1.29 is 9.53 Å². The first-order chi connectivity index (χ1) is 8.65. The van der Waals surface area contributed by atoms with Crippen LogP contribution in [0, 0.1) is 12.8 Å². The molecule has 3 N–H and O–H groups in total. The number of carbonyl (C=O) groups excluding carboxylic acids is 1. The van der Waals surface area contributed by atoms with Crippen molar-refractivity contribution in [3.63, 3.8) is 0 Å². The van der Waals surface area contributed by atoms with E-state index < -0.39 is 0 Å². The monoisotopic (exact) mass is 248 g/mol. The molecule has 1 aliphatic heterocycles. The van der Waals surface area contributed by atoms with Crippen LogP contribution in [0.1, 0.15) is 28.8 Å². The second-order valence-corrected chi connectivity index (χ2v) is 4.93. The first-order valence-corrected chi connectivity index (χ1v) is 6.38. The third kappa shape index (κ3) is 3.47. The highest BCUT2D eigenvalue weighted by Gasteiger charge is 2.15. The Labute approximate surface area is 108 Å². The highest BCUT2D eigenvalue weighted by molar-refractivity contribution is 5.95. The van der Waals surface area contributed by atoms with Gasteiger partial charge >= 0.3 is 0 Å². The second kappa shape index (κ2) is 5.87. The number of ether oxygens (including phenoxy) is 1. The summed E-state index contributed by atoms with van der Waals surface area (Å²) in [6.07, 6.45) is 2.20. The van der Waals surface area contributed by atoms with Crippen molar-refractivity contribution in [1.82, 2.24) is 5.32 Å². The molecule has 1 aromatic carbocycles. The maximum absolute atomic E-state index is 12.0. The molecule has 98 valence electrons. The summed E-state index contributed by atoms with van der Waals surface area (Å²) in [4.78, 5) is 12.0. The molecule has 0 aromatic heterocycles. The lowest BCUT2D eigenvalue weighted by molar-refractivity contribution is 0.0536. The number of carbonyl (C=O) groups is 1. The summed E-state index contributed by atoms with van der Waals surface area (Å²) in [6, 6.07) is 5.41. The highest BCUT2D eigenvalue weighted by atomic mass is 16.5. The predicted octanol–water partition coefficient (Wildman–Crippen LogP) is 1.73. The van der Waals surface area contributed by atoms with E-state index in [1.165, 1.54) is 0 Å². The van der Waals surface area contributed by atoms with Crippen LogP contribution in [0.5, 0.6) is 0 Å². The minimum Gasteiger partial charge on any atom is -0.399 e. The molecule has 1 heterocycles. The standard InChI is InChI=1S/C14H20N2O2/c1-10-5-12(7-13(15)6-10)14(17)16-8-11-3-2-4-18-9-11/h5-7,11H,2-4,8-9,15H2,1H3,(H,16,17). The van der Waals surface area contributed by atoms with E-state index in [4.69, 9.17) is 10.5 Å². The maximum Gasteiger partial charge on any atom is 0.251 e. The van der Waals surface area contributed by atoms with Crippen LogP contribution in [0.3, 0.4) is 0 Å². The zero-order valence-corrected chi connectivity index (χ0v) is 10.7. The lowest BCUT2D eigenvalue weighted by Crippen LogP contribution is -2.33. The first-order valence-electron chi connectivity index (χ1n) is 6.38. The van der Waals surface area contributed by atoms with Gasteiger partial charge in [-0.2, -0.15) is 0 Å². The Morgan fingerprint density at radius 3 is 3.00 bits per heavy atom. The zero-order chi connectivity index (χ0) is 13.0. The molecule has 1 fully saturated rings.